The molecule has 0 unspecified atom stereocenters. The van der Waals surface area contributed by atoms with Gasteiger partial charge in [0, 0.05) is 10.0 Å². The predicted octanol–water partition coefficient (Wildman–Crippen LogP) is 6.91. The van der Waals surface area contributed by atoms with Gasteiger partial charge in [-0.3, -0.25) is 0 Å². The van der Waals surface area contributed by atoms with Gasteiger partial charge < -0.3 is 9.47 Å². The fourth-order valence-electron chi connectivity index (χ4n) is 3.85. The minimum absolute atomic E-state index is 0.239. The summed E-state index contributed by atoms with van der Waals surface area (Å²) in [4.78, 5) is 12.5. The van der Waals surface area contributed by atoms with E-state index in [0.717, 1.165) is 25.9 Å². The summed E-state index contributed by atoms with van der Waals surface area (Å²) in [6, 6.07) is 39.0. The first-order valence-electron chi connectivity index (χ1n) is 11.0. The van der Waals surface area contributed by atoms with Gasteiger partial charge in [-0.1, -0.05) is 70.5 Å². The summed E-state index contributed by atoms with van der Waals surface area (Å²) in [6.45, 7) is 2.00. The van der Waals surface area contributed by atoms with Crippen molar-refractivity contribution in [2.24, 2.45) is 0 Å². The second kappa shape index (κ2) is 11.3. The highest BCUT2D eigenvalue weighted by atomic mass is 79.9. The van der Waals surface area contributed by atoms with Gasteiger partial charge in [0.1, 0.15) is 29.0 Å². The van der Waals surface area contributed by atoms with E-state index in [1.165, 1.54) is 0 Å². The molecule has 0 aliphatic carbocycles. The monoisotopic (exact) mass is 531 g/mol. The summed E-state index contributed by atoms with van der Waals surface area (Å²) in [7, 11) is -2.37. The average molecular weight is 532 g/mol. The molecule has 3 nitrogen and oxygen atoms in total. The van der Waals surface area contributed by atoms with E-state index in [9.17, 15) is 4.79 Å². The Morgan fingerprint density at radius 3 is 1.59 bits per heavy atom. The van der Waals surface area contributed by atoms with E-state index < -0.39 is 13.4 Å². The molecular formula is C29H25BrO3P+. The first-order chi connectivity index (χ1) is 16.6. The van der Waals surface area contributed by atoms with E-state index in [4.69, 9.17) is 9.47 Å². The fourth-order valence-corrected chi connectivity index (χ4v) is 7.93. The van der Waals surface area contributed by atoms with Crippen molar-refractivity contribution < 1.29 is 14.3 Å². The molecule has 0 spiro atoms. The normalized spacial score (nSPS) is 11.6. The van der Waals surface area contributed by atoms with Gasteiger partial charge in [0.25, 0.3) is 0 Å². The topological polar surface area (TPSA) is 35.5 Å². The Labute approximate surface area is 209 Å². The van der Waals surface area contributed by atoms with Gasteiger partial charge >= 0.3 is 6.16 Å². The second-order valence-electron chi connectivity index (χ2n) is 7.51. The molecule has 0 saturated heterocycles. The summed E-state index contributed by atoms with van der Waals surface area (Å²) in [5, 5.41) is 3.48. The fraction of sp³-hybridized carbons (Fsp3) is 0.0690. The molecule has 4 aromatic carbocycles. The van der Waals surface area contributed by atoms with E-state index in [1.54, 1.807) is 6.92 Å². The van der Waals surface area contributed by atoms with Crippen LogP contribution in [0.4, 0.5) is 4.79 Å². The summed E-state index contributed by atoms with van der Waals surface area (Å²) in [5.74, 6) is 2.60. The molecule has 0 fully saturated rings. The third kappa shape index (κ3) is 5.30. The molecule has 0 aliphatic rings. The Hall–Kier alpha value is -3.20. The van der Waals surface area contributed by atoms with E-state index in [0.29, 0.717) is 5.76 Å². The Bertz CT molecular complexity index is 1140. The van der Waals surface area contributed by atoms with Gasteiger partial charge in [-0.25, -0.2) is 4.79 Å². The Balaban J connectivity index is 2.04. The molecule has 170 valence electrons. The van der Waals surface area contributed by atoms with Crippen molar-refractivity contribution in [3.63, 3.8) is 0 Å². The van der Waals surface area contributed by atoms with E-state index in [-0.39, 0.29) is 6.61 Å². The van der Waals surface area contributed by atoms with Crippen molar-refractivity contribution in [2.75, 3.05) is 6.61 Å². The molecule has 34 heavy (non-hydrogen) atoms. The van der Waals surface area contributed by atoms with Crippen LogP contribution >= 0.6 is 23.2 Å². The first-order valence-corrected chi connectivity index (χ1v) is 13.7. The molecule has 4 aromatic rings. The van der Waals surface area contributed by atoms with Crippen LogP contribution in [0.15, 0.2) is 126 Å². The third-order valence-corrected chi connectivity index (χ3v) is 9.87. The SMILES string of the molecule is CCOC(=O)OC(=C[P+](c1ccccc1)(c1ccccc1)c1ccccc1)c1ccc(Br)cc1. The van der Waals surface area contributed by atoms with Gasteiger partial charge in [-0.05, 0) is 67.6 Å². The van der Waals surface area contributed by atoms with E-state index in [2.05, 4.69) is 94.5 Å². The number of hydrogen-bond acceptors (Lipinski definition) is 3. The lowest BCUT2D eigenvalue weighted by molar-refractivity contribution is 0.0954. The van der Waals surface area contributed by atoms with Crippen molar-refractivity contribution in [3.05, 3.63) is 131 Å². The lowest BCUT2D eigenvalue weighted by Gasteiger charge is -2.25. The quantitative estimate of drug-likeness (QED) is 0.147. The van der Waals surface area contributed by atoms with Crippen molar-refractivity contribution in [1.82, 2.24) is 0 Å². The highest BCUT2D eigenvalue weighted by molar-refractivity contribution is 9.10. The molecule has 0 aliphatic heterocycles. The molecule has 0 bridgehead atoms. The zero-order chi connectivity index (χ0) is 23.8. The summed E-state index contributed by atoms with van der Waals surface area (Å²) in [6.07, 6.45) is -0.719. The lowest BCUT2D eigenvalue weighted by Crippen LogP contribution is -2.30. The van der Waals surface area contributed by atoms with Crippen LogP contribution in [0.25, 0.3) is 5.76 Å². The number of halogens is 1. The maximum absolute atomic E-state index is 12.5. The van der Waals surface area contributed by atoms with Crippen molar-refractivity contribution in [1.29, 1.82) is 0 Å². The van der Waals surface area contributed by atoms with Crippen LogP contribution in [0.2, 0.25) is 0 Å². The molecule has 0 saturated carbocycles. The first kappa shape index (κ1) is 23.9. The third-order valence-electron chi connectivity index (χ3n) is 5.39. The van der Waals surface area contributed by atoms with Gasteiger partial charge in [0.2, 0.25) is 0 Å². The summed E-state index contributed by atoms with van der Waals surface area (Å²) < 4.78 is 11.9. The standard InChI is InChI=1S/C29H25BrO3P/c1-2-32-29(31)33-28(23-18-20-24(30)21-19-23)22-34(25-12-6-3-7-13-25,26-14-8-4-9-15-26)27-16-10-5-11-17-27/h3-22H,2H2,1H3/q+1. The van der Waals surface area contributed by atoms with Crippen molar-refractivity contribution in [2.45, 2.75) is 6.92 Å². The molecule has 0 amide bonds. The smallest absolute Gasteiger partial charge is 0.434 e. The van der Waals surface area contributed by atoms with Gasteiger partial charge in [-0.2, -0.15) is 0 Å². The molecule has 0 N–H and O–H groups in total. The maximum atomic E-state index is 12.5. The average Bonchev–Trinajstić information content (AvgIpc) is 2.89. The zero-order valence-electron chi connectivity index (χ0n) is 18.8. The maximum Gasteiger partial charge on any atom is 0.513 e. The van der Waals surface area contributed by atoms with Crippen molar-refractivity contribution in [3.8, 4) is 0 Å². The number of rotatable bonds is 7. The Morgan fingerprint density at radius 1 is 0.735 bits per heavy atom. The number of ether oxygens (including phenoxy) is 2. The van der Waals surface area contributed by atoms with Crippen LogP contribution in [-0.2, 0) is 9.47 Å². The largest absolute Gasteiger partial charge is 0.513 e. The van der Waals surface area contributed by atoms with Crippen LogP contribution < -0.4 is 15.9 Å². The van der Waals surface area contributed by atoms with Gasteiger partial charge in [0.05, 0.1) is 6.61 Å². The van der Waals surface area contributed by atoms with Crippen LogP contribution in [0.5, 0.6) is 0 Å². The number of carbonyl (C=O) groups is 1. The zero-order valence-corrected chi connectivity index (χ0v) is 21.3. The second-order valence-corrected chi connectivity index (χ2v) is 11.7. The lowest BCUT2D eigenvalue weighted by atomic mass is 10.2. The highest BCUT2D eigenvalue weighted by Crippen LogP contribution is 2.58. The molecule has 0 atom stereocenters. The van der Waals surface area contributed by atoms with Gasteiger partial charge in [-0.15, -0.1) is 0 Å². The minimum Gasteiger partial charge on any atom is -0.434 e. The van der Waals surface area contributed by atoms with Crippen molar-refractivity contribution >= 4 is 51.0 Å². The molecular weight excluding hydrogens is 507 g/mol. The minimum atomic E-state index is -2.37. The number of benzene rings is 4. The van der Waals surface area contributed by atoms with Crippen LogP contribution in [0, 0.1) is 0 Å². The molecule has 0 radical (unpaired) electrons. The number of hydrogen-bond donors (Lipinski definition) is 0. The predicted molar refractivity (Wildman–Crippen MR) is 145 cm³/mol. The Kier molecular flexibility index (Phi) is 7.95. The molecule has 4 rings (SSSR count). The van der Waals surface area contributed by atoms with Crippen LogP contribution in [0.1, 0.15) is 12.5 Å². The summed E-state index contributed by atoms with van der Waals surface area (Å²) >= 11 is 3.50. The van der Waals surface area contributed by atoms with Crippen LogP contribution in [-0.4, -0.2) is 12.8 Å². The molecule has 0 aromatic heterocycles. The van der Waals surface area contributed by atoms with Gasteiger partial charge in [0.15, 0.2) is 5.76 Å². The van der Waals surface area contributed by atoms with Crippen LogP contribution in [0.3, 0.4) is 0 Å². The van der Waals surface area contributed by atoms with E-state index >= 15 is 0 Å². The Morgan fingerprint density at radius 2 is 1.18 bits per heavy atom. The van der Waals surface area contributed by atoms with E-state index in [1.807, 2.05) is 42.5 Å². The molecule has 0 heterocycles. The molecule has 5 heteroatoms. The number of carbonyl (C=O) groups excluding carboxylic acids is 1. The summed E-state index contributed by atoms with van der Waals surface area (Å²) in [5.41, 5.74) is 0.795. The highest BCUT2D eigenvalue weighted by Gasteiger charge is 2.45.